The highest BCUT2D eigenvalue weighted by molar-refractivity contribution is 6.06. The second-order valence-electron chi connectivity index (χ2n) is 6.32. The highest BCUT2D eigenvalue weighted by Gasteiger charge is 2.16. The number of hydrogen-bond donors (Lipinski definition) is 2. The number of nitrogens with zero attached hydrogens (tertiary/aromatic N) is 2. The Kier molecular flexibility index (Phi) is 5.69. The fourth-order valence-corrected chi connectivity index (χ4v) is 2.90. The van der Waals surface area contributed by atoms with Crippen LogP contribution >= 0.6 is 0 Å². The zero-order chi connectivity index (χ0) is 20.1. The van der Waals surface area contributed by atoms with Crippen molar-refractivity contribution in [2.24, 2.45) is 0 Å². The van der Waals surface area contributed by atoms with E-state index in [0.29, 0.717) is 16.9 Å². The Morgan fingerprint density at radius 3 is 2.46 bits per heavy atom. The fourth-order valence-electron chi connectivity index (χ4n) is 2.90. The molecule has 6 nitrogen and oxygen atoms in total. The summed E-state index contributed by atoms with van der Waals surface area (Å²) in [6.07, 6.45) is 3.08. The van der Waals surface area contributed by atoms with E-state index in [1.807, 2.05) is 44.2 Å². The van der Waals surface area contributed by atoms with Crippen LogP contribution in [0.2, 0.25) is 0 Å². The lowest BCUT2D eigenvalue weighted by atomic mass is 10.1. The van der Waals surface area contributed by atoms with Crippen LogP contribution in [0.3, 0.4) is 0 Å². The third kappa shape index (κ3) is 4.17. The first-order valence-electron chi connectivity index (χ1n) is 8.96. The molecule has 3 aromatic rings. The summed E-state index contributed by atoms with van der Waals surface area (Å²) in [5.74, 6) is -0.503. The van der Waals surface area contributed by atoms with Crippen LogP contribution in [0.15, 0.2) is 66.7 Å². The van der Waals surface area contributed by atoms with Crippen LogP contribution in [0, 0.1) is 13.8 Å². The number of carbonyl (C=O) groups is 2. The molecule has 0 unspecified atom stereocenters. The molecule has 0 fully saturated rings. The van der Waals surface area contributed by atoms with E-state index in [2.05, 4.69) is 15.7 Å². The summed E-state index contributed by atoms with van der Waals surface area (Å²) in [5, 5.41) is 10.2. The van der Waals surface area contributed by atoms with Gasteiger partial charge in [-0.3, -0.25) is 9.59 Å². The monoisotopic (exact) mass is 374 g/mol. The van der Waals surface area contributed by atoms with E-state index >= 15 is 0 Å². The van der Waals surface area contributed by atoms with Crippen molar-refractivity contribution in [3.05, 3.63) is 83.7 Å². The molecule has 0 atom stereocenters. The smallest absolute Gasteiger partial charge is 0.255 e. The molecule has 0 saturated heterocycles. The molecule has 1 heterocycles. The lowest BCUT2D eigenvalue weighted by Crippen LogP contribution is -2.14. The van der Waals surface area contributed by atoms with Gasteiger partial charge in [0.1, 0.15) is 0 Å². The van der Waals surface area contributed by atoms with E-state index in [1.54, 1.807) is 41.9 Å². The van der Waals surface area contributed by atoms with Crippen molar-refractivity contribution >= 4 is 23.2 Å². The quantitative estimate of drug-likeness (QED) is 0.655. The minimum atomic E-state index is -0.263. The third-order valence-electron chi connectivity index (χ3n) is 4.24. The molecule has 2 N–H and O–H groups in total. The molecule has 1 aromatic heterocycles. The number of amides is 2. The molecule has 0 aliphatic rings. The largest absolute Gasteiger partial charge is 0.322 e. The Bertz CT molecular complexity index is 1040. The Morgan fingerprint density at radius 2 is 1.75 bits per heavy atom. The third-order valence-corrected chi connectivity index (χ3v) is 4.24. The minimum Gasteiger partial charge on any atom is -0.322 e. The minimum absolute atomic E-state index is 0.240. The molecule has 3 rings (SSSR count). The lowest BCUT2D eigenvalue weighted by molar-refractivity contribution is -0.111. The summed E-state index contributed by atoms with van der Waals surface area (Å²) >= 11 is 0. The molecule has 0 saturated carbocycles. The van der Waals surface area contributed by atoms with Gasteiger partial charge in [-0.1, -0.05) is 30.3 Å². The topological polar surface area (TPSA) is 76.0 Å². The molecule has 6 heteroatoms. The van der Waals surface area contributed by atoms with Crippen LogP contribution in [-0.4, -0.2) is 21.6 Å². The summed E-state index contributed by atoms with van der Waals surface area (Å²) < 4.78 is 1.80. The summed E-state index contributed by atoms with van der Waals surface area (Å²) in [6, 6.07) is 16.6. The SMILES string of the molecule is C/C=C/C(=O)Nc1cccc(C(=O)Nc2c(C)nn(-c3ccccc3)c2C)c1. The van der Waals surface area contributed by atoms with Crippen LogP contribution < -0.4 is 10.6 Å². The maximum atomic E-state index is 12.8. The number of allylic oxidation sites excluding steroid dienone is 1. The average Bonchev–Trinajstić information content (AvgIpc) is 2.97. The Morgan fingerprint density at radius 1 is 1.00 bits per heavy atom. The molecule has 2 amide bonds. The Hall–Kier alpha value is -3.67. The van der Waals surface area contributed by atoms with Gasteiger partial charge in [0, 0.05) is 11.3 Å². The van der Waals surface area contributed by atoms with Gasteiger partial charge >= 0.3 is 0 Å². The number of benzene rings is 2. The van der Waals surface area contributed by atoms with Gasteiger partial charge in [0.05, 0.1) is 22.8 Å². The van der Waals surface area contributed by atoms with Gasteiger partial charge in [-0.15, -0.1) is 0 Å². The Balaban J connectivity index is 1.82. The van der Waals surface area contributed by atoms with E-state index < -0.39 is 0 Å². The van der Waals surface area contributed by atoms with E-state index in [-0.39, 0.29) is 11.8 Å². The standard InChI is InChI=1S/C22H22N4O2/c1-4-9-20(27)23-18-11-8-10-17(14-18)22(28)24-21-15(2)25-26(16(21)3)19-12-6-5-7-13-19/h4-14H,1-3H3,(H,23,27)(H,24,28)/b9-4+. The number of anilines is 2. The van der Waals surface area contributed by atoms with Gasteiger partial charge in [0.15, 0.2) is 0 Å². The van der Waals surface area contributed by atoms with Gasteiger partial charge in [-0.25, -0.2) is 4.68 Å². The maximum Gasteiger partial charge on any atom is 0.255 e. The fraction of sp³-hybridized carbons (Fsp3) is 0.136. The van der Waals surface area contributed by atoms with Gasteiger partial charge < -0.3 is 10.6 Å². The zero-order valence-electron chi connectivity index (χ0n) is 16.1. The van der Waals surface area contributed by atoms with E-state index in [9.17, 15) is 9.59 Å². The molecule has 0 aliphatic carbocycles. The van der Waals surface area contributed by atoms with Gasteiger partial charge in [-0.2, -0.15) is 5.10 Å². The van der Waals surface area contributed by atoms with Gasteiger partial charge in [0.25, 0.3) is 5.91 Å². The number of rotatable bonds is 5. The van der Waals surface area contributed by atoms with Gasteiger partial charge in [0.2, 0.25) is 5.91 Å². The molecule has 28 heavy (non-hydrogen) atoms. The van der Waals surface area contributed by atoms with Crippen molar-refractivity contribution in [1.29, 1.82) is 0 Å². The van der Waals surface area contributed by atoms with Crippen molar-refractivity contribution in [2.45, 2.75) is 20.8 Å². The summed E-state index contributed by atoms with van der Waals surface area (Å²) in [7, 11) is 0. The summed E-state index contributed by atoms with van der Waals surface area (Å²) in [4.78, 5) is 24.5. The van der Waals surface area contributed by atoms with Crippen LogP contribution in [0.25, 0.3) is 5.69 Å². The number of aryl methyl sites for hydroxylation is 1. The first-order chi connectivity index (χ1) is 13.5. The second kappa shape index (κ2) is 8.35. The van der Waals surface area contributed by atoms with Crippen LogP contribution in [-0.2, 0) is 4.79 Å². The van der Waals surface area contributed by atoms with E-state index in [1.165, 1.54) is 6.08 Å². The first-order valence-corrected chi connectivity index (χ1v) is 8.96. The molecular weight excluding hydrogens is 352 g/mol. The predicted molar refractivity (Wildman–Crippen MR) is 111 cm³/mol. The highest BCUT2D eigenvalue weighted by atomic mass is 16.2. The summed E-state index contributed by atoms with van der Waals surface area (Å²) in [6.45, 7) is 5.54. The maximum absolute atomic E-state index is 12.8. The van der Waals surface area contributed by atoms with Crippen molar-refractivity contribution in [3.63, 3.8) is 0 Å². The van der Waals surface area contributed by atoms with E-state index in [0.717, 1.165) is 17.1 Å². The number of carbonyl (C=O) groups excluding carboxylic acids is 2. The van der Waals surface area contributed by atoms with Crippen LogP contribution in [0.5, 0.6) is 0 Å². The van der Waals surface area contributed by atoms with Crippen molar-refractivity contribution in [1.82, 2.24) is 9.78 Å². The number of para-hydroxylation sites is 1. The van der Waals surface area contributed by atoms with Crippen molar-refractivity contribution < 1.29 is 9.59 Å². The number of nitrogens with one attached hydrogen (secondary N) is 2. The van der Waals surface area contributed by atoms with Gasteiger partial charge in [-0.05, 0) is 57.2 Å². The average molecular weight is 374 g/mol. The molecule has 0 radical (unpaired) electrons. The van der Waals surface area contributed by atoms with Crippen molar-refractivity contribution in [2.75, 3.05) is 10.6 Å². The molecule has 2 aromatic carbocycles. The predicted octanol–water partition coefficient (Wildman–Crippen LogP) is 4.26. The summed E-state index contributed by atoms with van der Waals surface area (Å²) in [5.41, 5.74) is 4.19. The molecule has 0 bridgehead atoms. The molecule has 142 valence electrons. The Labute approximate surface area is 163 Å². The van der Waals surface area contributed by atoms with Crippen LogP contribution in [0.1, 0.15) is 28.7 Å². The normalized spacial score (nSPS) is 10.8. The highest BCUT2D eigenvalue weighted by Crippen LogP contribution is 2.23. The molecule has 0 spiro atoms. The molecule has 0 aliphatic heterocycles. The number of aromatic nitrogens is 2. The van der Waals surface area contributed by atoms with Crippen molar-refractivity contribution in [3.8, 4) is 5.69 Å². The zero-order valence-corrected chi connectivity index (χ0v) is 16.1. The second-order valence-corrected chi connectivity index (χ2v) is 6.32. The number of hydrogen-bond acceptors (Lipinski definition) is 3. The lowest BCUT2D eigenvalue weighted by Gasteiger charge is -2.09. The molecular formula is C22H22N4O2. The first kappa shape index (κ1) is 19.1. The van der Waals surface area contributed by atoms with Crippen LogP contribution in [0.4, 0.5) is 11.4 Å². The van der Waals surface area contributed by atoms with E-state index in [4.69, 9.17) is 0 Å².